The monoisotopic (exact) mass is 598 g/mol. The zero-order chi connectivity index (χ0) is 27.9. The lowest BCUT2D eigenvalue weighted by molar-refractivity contribution is -0.116. The fraction of sp³-hybridized carbons (Fsp3) is 0.125. The van der Waals surface area contributed by atoms with Crippen molar-refractivity contribution in [3.05, 3.63) is 112 Å². The van der Waals surface area contributed by atoms with E-state index in [4.69, 9.17) is 23.6 Å². The van der Waals surface area contributed by atoms with Gasteiger partial charge in [-0.2, -0.15) is 0 Å². The van der Waals surface area contributed by atoms with Crippen LogP contribution in [0.2, 0.25) is 0 Å². The van der Waals surface area contributed by atoms with Crippen molar-refractivity contribution in [2.24, 2.45) is 4.99 Å². The number of nitrogens with zero attached hydrogens (tertiary/aromatic N) is 1. The van der Waals surface area contributed by atoms with E-state index in [9.17, 15) is 4.79 Å². The SMILES string of the molecule is COc1ccc(CCNC(=O)C=CC=C2OC(/C=C/c3ccccc3)=Nc3c2oc2ccc(Br)cc32)cc1OC. The van der Waals surface area contributed by atoms with Gasteiger partial charge in [0.05, 0.1) is 14.2 Å². The van der Waals surface area contributed by atoms with Crippen molar-refractivity contribution < 1.29 is 23.4 Å². The van der Waals surface area contributed by atoms with E-state index in [1.807, 2.05) is 78.9 Å². The van der Waals surface area contributed by atoms with E-state index < -0.39 is 0 Å². The Bertz CT molecular complexity index is 1650. The van der Waals surface area contributed by atoms with E-state index in [0.717, 1.165) is 21.0 Å². The second-order valence-corrected chi connectivity index (χ2v) is 9.75. The highest BCUT2D eigenvalue weighted by Gasteiger charge is 2.24. The molecule has 1 N–H and O–H groups in total. The van der Waals surface area contributed by atoms with Gasteiger partial charge in [0.25, 0.3) is 0 Å². The van der Waals surface area contributed by atoms with Crippen LogP contribution in [0.25, 0.3) is 22.8 Å². The van der Waals surface area contributed by atoms with E-state index in [1.165, 1.54) is 6.08 Å². The molecule has 0 fully saturated rings. The van der Waals surface area contributed by atoms with Gasteiger partial charge in [0.15, 0.2) is 23.0 Å². The number of hydrogen-bond acceptors (Lipinski definition) is 6. The number of amides is 1. The minimum absolute atomic E-state index is 0.222. The average Bonchev–Trinajstić information content (AvgIpc) is 3.34. The second-order valence-electron chi connectivity index (χ2n) is 8.84. The first-order valence-electron chi connectivity index (χ1n) is 12.6. The smallest absolute Gasteiger partial charge is 0.243 e. The molecule has 1 aliphatic rings. The molecule has 5 rings (SSSR count). The van der Waals surface area contributed by atoms with Gasteiger partial charge in [0.1, 0.15) is 11.3 Å². The first-order valence-corrected chi connectivity index (χ1v) is 13.4. The van der Waals surface area contributed by atoms with Crippen LogP contribution in [0.1, 0.15) is 16.9 Å². The Balaban J connectivity index is 1.30. The maximum Gasteiger partial charge on any atom is 0.243 e. The minimum Gasteiger partial charge on any atom is -0.493 e. The average molecular weight is 599 g/mol. The van der Waals surface area contributed by atoms with Crippen molar-refractivity contribution >= 4 is 56.2 Å². The zero-order valence-electron chi connectivity index (χ0n) is 22.0. The number of carbonyl (C=O) groups is 1. The Morgan fingerprint density at radius 3 is 2.62 bits per heavy atom. The molecule has 0 unspecified atom stereocenters. The first-order chi connectivity index (χ1) is 19.5. The van der Waals surface area contributed by atoms with Crippen molar-refractivity contribution in [3.63, 3.8) is 0 Å². The molecule has 0 bridgehead atoms. The lowest BCUT2D eigenvalue weighted by atomic mass is 10.1. The standard InChI is InChI=1S/C32H27BrN2O5/c1-37-26-14-11-22(19-28(26)38-2)17-18-34-29(36)10-6-9-27-32-31(24-20-23(33)13-15-25(24)40-32)35-30(39-27)16-12-21-7-4-3-5-8-21/h3-16,19-20H,17-18H2,1-2H3,(H,34,36)/b10-6?,16-12+,27-9?. The van der Waals surface area contributed by atoms with E-state index in [1.54, 1.807) is 26.4 Å². The summed E-state index contributed by atoms with van der Waals surface area (Å²) in [5.41, 5.74) is 3.42. The molecule has 0 atom stereocenters. The molecule has 40 heavy (non-hydrogen) atoms. The molecule has 7 nitrogen and oxygen atoms in total. The number of rotatable bonds is 9. The highest BCUT2D eigenvalue weighted by molar-refractivity contribution is 9.10. The van der Waals surface area contributed by atoms with E-state index in [0.29, 0.717) is 53.2 Å². The molecular formula is C32H27BrN2O5. The van der Waals surface area contributed by atoms with Crippen LogP contribution in [0, 0.1) is 0 Å². The largest absolute Gasteiger partial charge is 0.493 e. The summed E-state index contributed by atoms with van der Waals surface area (Å²) in [6, 6.07) is 21.4. The third-order valence-electron chi connectivity index (χ3n) is 6.16. The molecule has 4 aromatic rings. The topological polar surface area (TPSA) is 82.3 Å². The van der Waals surface area contributed by atoms with Crippen LogP contribution in [-0.2, 0) is 16.0 Å². The fourth-order valence-corrected chi connectivity index (χ4v) is 4.55. The van der Waals surface area contributed by atoms with Crippen LogP contribution in [0.4, 0.5) is 5.69 Å². The molecule has 1 aliphatic heterocycles. The van der Waals surface area contributed by atoms with Gasteiger partial charge in [0.2, 0.25) is 11.8 Å². The fourth-order valence-electron chi connectivity index (χ4n) is 4.19. The quantitative estimate of drug-likeness (QED) is 0.205. The summed E-state index contributed by atoms with van der Waals surface area (Å²) in [4.78, 5) is 17.2. The predicted octanol–water partition coefficient (Wildman–Crippen LogP) is 7.24. The van der Waals surface area contributed by atoms with Gasteiger partial charge in [-0.05, 0) is 60.0 Å². The van der Waals surface area contributed by atoms with Gasteiger partial charge in [-0.25, -0.2) is 4.99 Å². The number of hydrogen-bond donors (Lipinski definition) is 1. The number of benzene rings is 3. The summed E-state index contributed by atoms with van der Waals surface area (Å²) < 4.78 is 23.7. The van der Waals surface area contributed by atoms with Crippen LogP contribution in [0.15, 0.2) is 105 Å². The molecular weight excluding hydrogens is 572 g/mol. The van der Waals surface area contributed by atoms with Crippen LogP contribution in [0.5, 0.6) is 11.5 Å². The van der Waals surface area contributed by atoms with Gasteiger partial charge < -0.3 is 23.9 Å². The molecule has 1 aromatic heterocycles. The second kappa shape index (κ2) is 12.5. The molecule has 0 spiro atoms. The van der Waals surface area contributed by atoms with Gasteiger partial charge in [-0.15, -0.1) is 0 Å². The summed E-state index contributed by atoms with van der Waals surface area (Å²) in [6.07, 6.45) is 9.19. The zero-order valence-corrected chi connectivity index (χ0v) is 23.6. The number of allylic oxidation sites excluding steroid dienone is 2. The highest BCUT2D eigenvalue weighted by atomic mass is 79.9. The van der Waals surface area contributed by atoms with Crippen molar-refractivity contribution in [1.82, 2.24) is 5.32 Å². The summed E-state index contributed by atoms with van der Waals surface area (Å²) in [7, 11) is 3.20. The van der Waals surface area contributed by atoms with E-state index >= 15 is 0 Å². The third-order valence-corrected chi connectivity index (χ3v) is 6.65. The molecule has 8 heteroatoms. The number of fused-ring (bicyclic) bond motifs is 3. The molecule has 0 aliphatic carbocycles. The summed E-state index contributed by atoms with van der Waals surface area (Å²) in [6.45, 7) is 0.468. The summed E-state index contributed by atoms with van der Waals surface area (Å²) >= 11 is 3.53. The Labute approximate surface area is 240 Å². The lowest BCUT2D eigenvalue weighted by Crippen LogP contribution is -2.23. The van der Waals surface area contributed by atoms with E-state index in [-0.39, 0.29) is 5.91 Å². The molecule has 2 heterocycles. The van der Waals surface area contributed by atoms with Crippen molar-refractivity contribution in [3.8, 4) is 11.5 Å². The van der Waals surface area contributed by atoms with Crippen LogP contribution in [-0.4, -0.2) is 32.6 Å². The number of furan rings is 1. The normalized spacial score (nSPS) is 13.9. The molecule has 202 valence electrons. The van der Waals surface area contributed by atoms with E-state index in [2.05, 4.69) is 21.2 Å². The Morgan fingerprint density at radius 1 is 1.00 bits per heavy atom. The number of aliphatic imine (C=N–C) groups is 1. The Hall–Kier alpha value is -4.56. The highest BCUT2D eigenvalue weighted by Crippen LogP contribution is 2.42. The maximum absolute atomic E-state index is 12.5. The number of nitrogens with one attached hydrogen (secondary N) is 1. The first kappa shape index (κ1) is 27.0. The summed E-state index contributed by atoms with van der Waals surface area (Å²) in [5.74, 6) is 2.48. The Morgan fingerprint density at radius 2 is 1.82 bits per heavy atom. The molecule has 0 radical (unpaired) electrons. The predicted molar refractivity (Wildman–Crippen MR) is 161 cm³/mol. The number of ether oxygens (including phenoxy) is 3. The van der Waals surface area contributed by atoms with Crippen LogP contribution >= 0.6 is 15.9 Å². The van der Waals surface area contributed by atoms with Crippen LogP contribution in [0.3, 0.4) is 0 Å². The number of halogens is 1. The van der Waals surface area contributed by atoms with Crippen molar-refractivity contribution in [2.45, 2.75) is 6.42 Å². The van der Waals surface area contributed by atoms with Crippen molar-refractivity contribution in [2.75, 3.05) is 20.8 Å². The maximum atomic E-state index is 12.5. The summed E-state index contributed by atoms with van der Waals surface area (Å²) in [5, 5.41) is 3.76. The molecule has 3 aromatic carbocycles. The van der Waals surface area contributed by atoms with Gasteiger partial charge >= 0.3 is 0 Å². The number of methoxy groups -OCH3 is 2. The third kappa shape index (κ3) is 6.35. The molecule has 1 amide bonds. The van der Waals surface area contributed by atoms with Gasteiger partial charge in [0, 0.05) is 28.6 Å². The number of carbonyl (C=O) groups excluding carboxylic acids is 1. The minimum atomic E-state index is -0.222. The molecule has 0 saturated carbocycles. The van der Waals surface area contributed by atoms with Crippen molar-refractivity contribution in [1.29, 1.82) is 0 Å². The van der Waals surface area contributed by atoms with Gasteiger partial charge in [-0.1, -0.05) is 58.4 Å². The molecule has 0 saturated heterocycles. The van der Waals surface area contributed by atoms with Crippen LogP contribution < -0.4 is 14.8 Å². The van der Waals surface area contributed by atoms with Gasteiger partial charge in [-0.3, -0.25) is 4.79 Å². The Kier molecular flexibility index (Phi) is 8.47. The lowest BCUT2D eigenvalue weighted by Gasteiger charge is -2.13.